The summed E-state index contributed by atoms with van der Waals surface area (Å²) in [5.41, 5.74) is 0.499. The Morgan fingerprint density at radius 2 is 1.75 bits per heavy atom. The fourth-order valence-electron chi connectivity index (χ4n) is 2.95. The molecule has 0 N–H and O–H groups in total. The van der Waals surface area contributed by atoms with Crippen molar-refractivity contribution in [1.29, 1.82) is 0 Å². The number of nitrogens with zero attached hydrogens (tertiary/aromatic N) is 3. The molecule has 1 heterocycles. The molecule has 0 unspecified atom stereocenters. The van der Waals surface area contributed by atoms with Crippen LogP contribution in [0.15, 0.2) is 53.7 Å². The molecule has 1 saturated carbocycles. The molecule has 1 aromatic heterocycles. The third-order valence-corrected chi connectivity index (χ3v) is 5.32. The smallest absolute Gasteiger partial charge is 0.191 e. The van der Waals surface area contributed by atoms with Crippen molar-refractivity contribution in [1.82, 2.24) is 14.8 Å². The normalized spacial score (nSPS) is 13.5. The van der Waals surface area contributed by atoms with Gasteiger partial charge in [-0.05, 0) is 56.2 Å². The van der Waals surface area contributed by atoms with Crippen molar-refractivity contribution >= 4 is 11.8 Å². The molecule has 0 saturated heterocycles. The van der Waals surface area contributed by atoms with Crippen LogP contribution >= 0.6 is 11.8 Å². The Labute approximate surface area is 167 Å². The average molecular weight is 399 g/mol. The van der Waals surface area contributed by atoms with Gasteiger partial charge in [-0.2, -0.15) is 0 Å². The van der Waals surface area contributed by atoms with Crippen LogP contribution in [0, 0.1) is 5.82 Å². The van der Waals surface area contributed by atoms with E-state index in [4.69, 9.17) is 9.47 Å². The topological polar surface area (TPSA) is 49.2 Å². The number of hydrogen-bond acceptors (Lipinski definition) is 5. The molecule has 3 aromatic rings. The number of hydrogen-bond donors (Lipinski definition) is 0. The van der Waals surface area contributed by atoms with Gasteiger partial charge in [-0.1, -0.05) is 23.9 Å². The summed E-state index contributed by atoms with van der Waals surface area (Å²) >= 11 is 1.58. The second-order valence-electron chi connectivity index (χ2n) is 6.49. The SMILES string of the molecule is CCOc1ccc(OCCSc2nnc(-c3ccccc3F)n2C2CC2)cc1. The van der Waals surface area contributed by atoms with E-state index in [1.807, 2.05) is 37.3 Å². The van der Waals surface area contributed by atoms with Crippen molar-refractivity contribution < 1.29 is 13.9 Å². The second kappa shape index (κ2) is 8.65. The monoisotopic (exact) mass is 399 g/mol. The van der Waals surface area contributed by atoms with Crippen molar-refractivity contribution in [3.63, 3.8) is 0 Å². The van der Waals surface area contributed by atoms with E-state index in [1.165, 1.54) is 6.07 Å². The van der Waals surface area contributed by atoms with Gasteiger partial charge in [0.1, 0.15) is 17.3 Å². The van der Waals surface area contributed by atoms with Crippen LogP contribution < -0.4 is 9.47 Å². The number of ether oxygens (including phenoxy) is 2. The van der Waals surface area contributed by atoms with Gasteiger partial charge in [0.25, 0.3) is 0 Å². The van der Waals surface area contributed by atoms with Gasteiger partial charge in [0, 0.05) is 11.8 Å². The molecule has 7 heteroatoms. The van der Waals surface area contributed by atoms with Crippen LogP contribution in [-0.4, -0.2) is 33.7 Å². The summed E-state index contributed by atoms with van der Waals surface area (Å²) in [5.74, 6) is 2.71. The largest absolute Gasteiger partial charge is 0.494 e. The molecule has 0 aliphatic heterocycles. The van der Waals surface area contributed by atoms with E-state index < -0.39 is 0 Å². The van der Waals surface area contributed by atoms with Crippen LogP contribution in [0.4, 0.5) is 4.39 Å². The summed E-state index contributed by atoms with van der Waals surface area (Å²) in [5, 5.41) is 9.39. The minimum atomic E-state index is -0.271. The van der Waals surface area contributed by atoms with E-state index in [1.54, 1.807) is 23.9 Å². The minimum absolute atomic E-state index is 0.271. The lowest BCUT2D eigenvalue weighted by Crippen LogP contribution is -2.04. The number of halogens is 1. The average Bonchev–Trinajstić information content (AvgIpc) is 3.47. The molecule has 0 amide bonds. The summed E-state index contributed by atoms with van der Waals surface area (Å²) in [6, 6.07) is 14.7. The van der Waals surface area contributed by atoms with Gasteiger partial charge in [0.2, 0.25) is 0 Å². The quantitative estimate of drug-likeness (QED) is 0.375. The van der Waals surface area contributed by atoms with Gasteiger partial charge >= 0.3 is 0 Å². The Morgan fingerprint density at radius 3 is 2.43 bits per heavy atom. The molecule has 1 fully saturated rings. The van der Waals surface area contributed by atoms with Gasteiger partial charge in [-0.3, -0.25) is 4.57 Å². The van der Waals surface area contributed by atoms with E-state index in [0.717, 1.165) is 35.2 Å². The molecule has 0 spiro atoms. The highest BCUT2D eigenvalue weighted by Gasteiger charge is 2.30. The van der Waals surface area contributed by atoms with Gasteiger partial charge in [0.15, 0.2) is 11.0 Å². The van der Waals surface area contributed by atoms with Gasteiger partial charge in [-0.15, -0.1) is 10.2 Å². The van der Waals surface area contributed by atoms with Crippen molar-refractivity contribution in [2.75, 3.05) is 19.0 Å². The molecular weight excluding hydrogens is 377 g/mol. The fraction of sp³-hybridized carbons (Fsp3) is 0.333. The third kappa shape index (κ3) is 4.30. The first-order valence-electron chi connectivity index (χ1n) is 9.44. The maximum absolute atomic E-state index is 14.2. The predicted octanol–water partition coefficient (Wildman–Crippen LogP) is 4.99. The molecule has 4 rings (SSSR count). The molecule has 1 aliphatic rings. The Kier molecular flexibility index (Phi) is 5.81. The van der Waals surface area contributed by atoms with Crippen molar-refractivity contribution in [2.24, 2.45) is 0 Å². The highest BCUT2D eigenvalue weighted by Crippen LogP contribution is 2.41. The van der Waals surface area contributed by atoms with Gasteiger partial charge in [0.05, 0.1) is 18.8 Å². The number of thioether (sulfide) groups is 1. The van der Waals surface area contributed by atoms with Crippen molar-refractivity contribution in [3.8, 4) is 22.9 Å². The van der Waals surface area contributed by atoms with E-state index in [2.05, 4.69) is 14.8 Å². The van der Waals surface area contributed by atoms with Gasteiger partial charge < -0.3 is 9.47 Å². The molecule has 5 nitrogen and oxygen atoms in total. The van der Waals surface area contributed by atoms with Crippen LogP contribution in [0.25, 0.3) is 11.4 Å². The maximum Gasteiger partial charge on any atom is 0.191 e. The van der Waals surface area contributed by atoms with Crippen LogP contribution in [-0.2, 0) is 0 Å². The lowest BCUT2D eigenvalue weighted by atomic mass is 10.2. The first-order valence-corrected chi connectivity index (χ1v) is 10.4. The van der Waals surface area contributed by atoms with Crippen molar-refractivity contribution in [3.05, 3.63) is 54.3 Å². The Morgan fingerprint density at radius 1 is 1.04 bits per heavy atom. The van der Waals surface area contributed by atoms with Gasteiger partial charge in [-0.25, -0.2) is 4.39 Å². The molecule has 146 valence electrons. The van der Waals surface area contributed by atoms with Crippen LogP contribution in [0.2, 0.25) is 0 Å². The highest BCUT2D eigenvalue weighted by molar-refractivity contribution is 7.99. The summed E-state index contributed by atoms with van der Waals surface area (Å²) in [6.07, 6.45) is 2.16. The highest BCUT2D eigenvalue weighted by atomic mass is 32.2. The van der Waals surface area contributed by atoms with E-state index in [0.29, 0.717) is 30.6 Å². The standard InChI is InChI=1S/C21H22FN3O2S/c1-2-26-16-9-11-17(12-10-16)27-13-14-28-21-24-23-20(25(21)15-7-8-15)18-5-3-4-6-19(18)22/h3-6,9-12,15H,2,7-8,13-14H2,1H3. The number of rotatable bonds is 9. The Hall–Kier alpha value is -2.54. The summed E-state index contributed by atoms with van der Waals surface area (Å²) in [6.45, 7) is 3.15. The third-order valence-electron chi connectivity index (χ3n) is 4.41. The number of benzene rings is 2. The van der Waals surface area contributed by atoms with Crippen molar-refractivity contribution in [2.45, 2.75) is 31.0 Å². The molecule has 2 aromatic carbocycles. The van der Waals surface area contributed by atoms with E-state index >= 15 is 0 Å². The summed E-state index contributed by atoms with van der Waals surface area (Å²) < 4.78 is 27.5. The summed E-state index contributed by atoms with van der Waals surface area (Å²) in [4.78, 5) is 0. The van der Waals surface area contributed by atoms with E-state index in [-0.39, 0.29) is 5.82 Å². The lowest BCUT2D eigenvalue weighted by molar-refractivity contribution is 0.332. The van der Waals surface area contributed by atoms with Crippen LogP contribution in [0.3, 0.4) is 0 Å². The molecule has 0 radical (unpaired) electrons. The maximum atomic E-state index is 14.2. The first-order chi connectivity index (χ1) is 13.8. The molecular formula is C21H22FN3O2S. The summed E-state index contributed by atoms with van der Waals surface area (Å²) in [7, 11) is 0. The second-order valence-corrected chi connectivity index (χ2v) is 7.55. The zero-order valence-electron chi connectivity index (χ0n) is 15.7. The van der Waals surface area contributed by atoms with Crippen LogP contribution in [0.1, 0.15) is 25.8 Å². The minimum Gasteiger partial charge on any atom is -0.494 e. The van der Waals surface area contributed by atoms with E-state index in [9.17, 15) is 4.39 Å². The van der Waals surface area contributed by atoms with Crippen LogP contribution in [0.5, 0.6) is 11.5 Å². The zero-order chi connectivity index (χ0) is 19.3. The Balaban J connectivity index is 1.38. The zero-order valence-corrected chi connectivity index (χ0v) is 16.5. The predicted molar refractivity (Wildman–Crippen MR) is 108 cm³/mol. The fourth-order valence-corrected chi connectivity index (χ4v) is 3.78. The molecule has 1 aliphatic carbocycles. The molecule has 28 heavy (non-hydrogen) atoms. The molecule has 0 atom stereocenters. The first kappa shape index (κ1) is 18.8. The molecule has 0 bridgehead atoms. The Bertz CT molecular complexity index is 926. The lowest BCUT2D eigenvalue weighted by Gasteiger charge is -2.10. The number of aromatic nitrogens is 3.